The first kappa shape index (κ1) is 15.5. The first-order valence-electron chi connectivity index (χ1n) is 7.41. The van der Waals surface area contributed by atoms with Gasteiger partial charge in [-0.3, -0.25) is 4.79 Å². The molecule has 0 spiro atoms. The summed E-state index contributed by atoms with van der Waals surface area (Å²) in [6, 6.07) is 25.5. The number of carbonyl (C=O) groups is 1. The number of hydrogen-bond donors (Lipinski definition) is 1. The van der Waals surface area contributed by atoms with Crippen LogP contribution in [0.3, 0.4) is 0 Å². The van der Waals surface area contributed by atoms with E-state index in [1.165, 1.54) is 5.56 Å². The Hall–Kier alpha value is -2.39. The molecule has 0 aliphatic rings. The van der Waals surface area contributed by atoms with E-state index in [-0.39, 0.29) is 5.91 Å². The highest BCUT2D eigenvalue weighted by molar-refractivity contribution is 9.10. The maximum Gasteiger partial charge on any atom is 0.255 e. The van der Waals surface area contributed by atoms with Crippen LogP contribution in [-0.4, -0.2) is 5.91 Å². The van der Waals surface area contributed by atoms with Gasteiger partial charge in [-0.05, 0) is 47.9 Å². The maximum absolute atomic E-state index is 12.6. The zero-order valence-electron chi connectivity index (χ0n) is 12.5. The van der Waals surface area contributed by atoms with Crippen molar-refractivity contribution in [1.82, 2.24) is 0 Å². The summed E-state index contributed by atoms with van der Waals surface area (Å²) in [6.45, 7) is 0. The van der Waals surface area contributed by atoms with Crippen LogP contribution >= 0.6 is 15.9 Å². The van der Waals surface area contributed by atoms with Crippen LogP contribution in [0.1, 0.15) is 21.5 Å². The Kier molecular flexibility index (Phi) is 4.89. The molecule has 0 saturated carbocycles. The summed E-state index contributed by atoms with van der Waals surface area (Å²) in [6.07, 6.45) is 0.741. The largest absolute Gasteiger partial charge is 0.322 e. The molecule has 0 heterocycles. The highest BCUT2D eigenvalue weighted by Crippen LogP contribution is 2.18. The van der Waals surface area contributed by atoms with Crippen molar-refractivity contribution in [3.63, 3.8) is 0 Å². The van der Waals surface area contributed by atoms with E-state index in [2.05, 4.69) is 33.4 Å². The molecule has 0 aliphatic heterocycles. The third-order valence-electron chi connectivity index (χ3n) is 3.60. The van der Waals surface area contributed by atoms with E-state index in [9.17, 15) is 4.79 Å². The molecule has 3 aromatic rings. The molecule has 3 aromatic carbocycles. The molecule has 3 heteroatoms. The third-order valence-corrected chi connectivity index (χ3v) is 4.13. The lowest BCUT2D eigenvalue weighted by molar-refractivity contribution is 0.102. The molecule has 3 rings (SSSR count). The standard InChI is InChI=1S/C20H16BrNO/c21-17-10-12-18(13-11-17)22-20(23)19-9-5-4-8-16(19)14-15-6-2-1-3-7-15/h1-13H,14H2,(H,22,23). The lowest BCUT2D eigenvalue weighted by atomic mass is 9.99. The van der Waals surface area contributed by atoms with Gasteiger partial charge in [0.1, 0.15) is 0 Å². The van der Waals surface area contributed by atoms with Gasteiger partial charge in [-0.15, -0.1) is 0 Å². The summed E-state index contributed by atoms with van der Waals surface area (Å²) in [5, 5.41) is 2.95. The Morgan fingerprint density at radius 1 is 0.826 bits per heavy atom. The zero-order valence-corrected chi connectivity index (χ0v) is 14.1. The molecule has 0 aromatic heterocycles. The fourth-order valence-electron chi connectivity index (χ4n) is 2.44. The monoisotopic (exact) mass is 365 g/mol. The fraction of sp³-hybridized carbons (Fsp3) is 0.0500. The summed E-state index contributed by atoms with van der Waals surface area (Å²) in [5.74, 6) is -0.0844. The summed E-state index contributed by atoms with van der Waals surface area (Å²) in [7, 11) is 0. The highest BCUT2D eigenvalue weighted by Gasteiger charge is 2.11. The van der Waals surface area contributed by atoms with Crippen LogP contribution in [0.5, 0.6) is 0 Å². The van der Waals surface area contributed by atoms with Gasteiger partial charge in [0.2, 0.25) is 0 Å². The van der Waals surface area contributed by atoms with E-state index < -0.39 is 0 Å². The number of amides is 1. The van der Waals surface area contributed by atoms with Crippen LogP contribution in [0.25, 0.3) is 0 Å². The summed E-state index contributed by atoms with van der Waals surface area (Å²) in [5.41, 5.74) is 3.71. The second kappa shape index (κ2) is 7.25. The van der Waals surface area contributed by atoms with Crippen LogP contribution in [-0.2, 0) is 6.42 Å². The zero-order chi connectivity index (χ0) is 16.1. The van der Waals surface area contributed by atoms with Crippen LogP contribution in [0, 0.1) is 0 Å². The van der Waals surface area contributed by atoms with Crippen molar-refractivity contribution >= 4 is 27.5 Å². The second-order valence-corrected chi connectivity index (χ2v) is 6.20. The van der Waals surface area contributed by atoms with E-state index in [1.807, 2.05) is 66.7 Å². The molecule has 1 N–H and O–H groups in total. The van der Waals surface area contributed by atoms with Crippen molar-refractivity contribution in [1.29, 1.82) is 0 Å². The quantitative estimate of drug-likeness (QED) is 0.668. The van der Waals surface area contributed by atoms with Gasteiger partial charge in [0.05, 0.1) is 0 Å². The van der Waals surface area contributed by atoms with Crippen molar-refractivity contribution < 1.29 is 4.79 Å². The van der Waals surface area contributed by atoms with Gasteiger partial charge in [-0.1, -0.05) is 64.5 Å². The third kappa shape index (κ3) is 4.08. The van der Waals surface area contributed by atoms with E-state index in [1.54, 1.807) is 0 Å². The van der Waals surface area contributed by atoms with Crippen molar-refractivity contribution in [2.75, 3.05) is 5.32 Å². The second-order valence-electron chi connectivity index (χ2n) is 5.28. The number of benzene rings is 3. The van der Waals surface area contributed by atoms with Crippen LogP contribution < -0.4 is 5.32 Å². The van der Waals surface area contributed by atoms with Crippen molar-refractivity contribution in [3.05, 3.63) is 100 Å². The summed E-state index contributed by atoms with van der Waals surface area (Å²) < 4.78 is 0.986. The number of halogens is 1. The van der Waals surface area contributed by atoms with Gasteiger partial charge in [0.25, 0.3) is 5.91 Å². The van der Waals surface area contributed by atoms with Crippen LogP contribution in [0.15, 0.2) is 83.3 Å². The van der Waals surface area contributed by atoms with Gasteiger partial charge in [0, 0.05) is 15.7 Å². The van der Waals surface area contributed by atoms with Gasteiger partial charge in [-0.25, -0.2) is 0 Å². The molecule has 1 amide bonds. The molecule has 0 fully saturated rings. The summed E-state index contributed by atoms with van der Waals surface area (Å²) in [4.78, 5) is 12.6. The van der Waals surface area contributed by atoms with E-state index in [4.69, 9.17) is 0 Å². The minimum absolute atomic E-state index is 0.0844. The number of rotatable bonds is 4. The van der Waals surface area contributed by atoms with E-state index >= 15 is 0 Å². The van der Waals surface area contributed by atoms with Gasteiger partial charge in [0.15, 0.2) is 0 Å². The average molecular weight is 366 g/mol. The average Bonchev–Trinajstić information content (AvgIpc) is 2.58. The molecule has 0 aliphatic carbocycles. The SMILES string of the molecule is O=C(Nc1ccc(Br)cc1)c1ccccc1Cc1ccccc1. The van der Waals surface area contributed by atoms with Crippen LogP contribution in [0.4, 0.5) is 5.69 Å². The van der Waals surface area contributed by atoms with Gasteiger partial charge < -0.3 is 5.32 Å². The van der Waals surface area contributed by atoms with E-state index in [0.29, 0.717) is 5.56 Å². The molecule has 2 nitrogen and oxygen atoms in total. The number of carbonyl (C=O) groups excluding carboxylic acids is 1. The topological polar surface area (TPSA) is 29.1 Å². The normalized spacial score (nSPS) is 10.3. The predicted molar refractivity (Wildman–Crippen MR) is 97.8 cm³/mol. The number of anilines is 1. The molecule has 0 atom stereocenters. The highest BCUT2D eigenvalue weighted by atomic mass is 79.9. The molecule has 0 unspecified atom stereocenters. The molecule has 0 radical (unpaired) electrons. The molecule has 114 valence electrons. The summed E-state index contributed by atoms with van der Waals surface area (Å²) >= 11 is 3.39. The molecule has 23 heavy (non-hydrogen) atoms. The lowest BCUT2D eigenvalue weighted by Crippen LogP contribution is -2.14. The predicted octanol–water partition coefficient (Wildman–Crippen LogP) is 5.29. The number of nitrogens with one attached hydrogen (secondary N) is 1. The molecule has 0 bridgehead atoms. The Labute approximate surface area is 144 Å². The minimum atomic E-state index is -0.0844. The van der Waals surface area contributed by atoms with Crippen LogP contribution in [0.2, 0.25) is 0 Å². The Morgan fingerprint density at radius 3 is 2.22 bits per heavy atom. The number of hydrogen-bond acceptors (Lipinski definition) is 1. The van der Waals surface area contributed by atoms with Gasteiger partial charge in [-0.2, -0.15) is 0 Å². The molecular formula is C20H16BrNO. The fourth-order valence-corrected chi connectivity index (χ4v) is 2.71. The molecule has 0 saturated heterocycles. The Balaban J connectivity index is 1.82. The minimum Gasteiger partial charge on any atom is -0.322 e. The lowest BCUT2D eigenvalue weighted by Gasteiger charge is -2.10. The maximum atomic E-state index is 12.6. The van der Waals surface area contributed by atoms with Gasteiger partial charge >= 0.3 is 0 Å². The first-order chi connectivity index (χ1) is 11.2. The van der Waals surface area contributed by atoms with Crippen molar-refractivity contribution in [2.24, 2.45) is 0 Å². The Bertz CT molecular complexity index is 797. The van der Waals surface area contributed by atoms with Crippen molar-refractivity contribution in [2.45, 2.75) is 6.42 Å². The Morgan fingerprint density at radius 2 is 1.48 bits per heavy atom. The van der Waals surface area contributed by atoms with Crippen molar-refractivity contribution in [3.8, 4) is 0 Å². The van der Waals surface area contributed by atoms with E-state index in [0.717, 1.165) is 22.1 Å². The smallest absolute Gasteiger partial charge is 0.255 e. The first-order valence-corrected chi connectivity index (χ1v) is 8.20. The molecular weight excluding hydrogens is 350 g/mol.